The Morgan fingerprint density at radius 1 is 1.05 bits per heavy atom. The Labute approximate surface area is 112 Å². The summed E-state index contributed by atoms with van der Waals surface area (Å²) in [4.78, 5) is 4.41. The number of nitrogens with zero attached hydrogens (tertiary/aromatic N) is 1. The summed E-state index contributed by atoms with van der Waals surface area (Å²) in [5.41, 5.74) is 1.61. The number of halogens is 2. The first-order chi connectivity index (χ1) is 9.22. The van der Waals surface area contributed by atoms with Crippen LogP contribution in [0.5, 0.6) is 0 Å². The van der Waals surface area contributed by atoms with Crippen molar-refractivity contribution in [2.75, 3.05) is 5.32 Å². The number of para-hydroxylation sites is 1. The molecule has 2 nitrogen and oxygen atoms in total. The van der Waals surface area contributed by atoms with Crippen molar-refractivity contribution in [1.82, 2.24) is 4.98 Å². The van der Waals surface area contributed by atoms with Crippen LogP contribution in [0.1, 0.15) is 5.56 Å². The molecule has 1 aromatic heterocycles. The van der Waals surface area contributed by atoms with Crippen molar-refractivity contribution >= 4 is 26.7 Å². The van der Waals surface area contributed by atoms with Crippen LogP contribution in [0.4, 0.5) is 13.9 Å². The molecule has 0 bridgehead atoms. The Morgan fingerprint density at radius 2 is 1.89 bits per heavy atom. The Morgan fingerprint density at radius 3 is 2.68 bits per heavy atom. The summed E-state index contributed by atoms with van der Waals surface area (Å²) in [7, 11) is 0. The van der Waals surface area contributed by atoms with E-state index in [2.05, 4.69) is 10.3 Å². The van der Waals surface area contributed by atoms with Gasteiger partial charge in [0.2, 0.25) is 0 Å². The lowest BCUT2D eigenvalue weighted by molar-refractivity contribution is 0.507. The zero-order valence-electron chi connectivity index (χ0n) is 9.86. The van der Waals surface area contributed by atoms with Crippen LogP contribution in [0, 0.1) is 11.6 Å². The molecule has 19 heavy (non-hydrogen) atoms. The molecule has 1 heterocycles. The van der Waals surface area contributed by atoms with E-state index in [4.69, 9.17) is 0 Å². The first-order valence-electron chi connectivity index (χ1n) is 5.76. The van der Waals surface area contributed by atoms with Gasteiger partial charge in [-0.1, -0.05) is 29.5 Å². The van der Waals surface area contributed by atoms with Gasteiger partial charge in [-0.15, -0.1) is 0 Å². The van der Waals surface area contributed by atoms with E-state index in [1.165, 1.54) is 17.4 Å². The van der Waals surface area contributed by atoms with E-state index in [1.54, 1.807) is 6.07 Å². The second-order valence-electron chi connectivity index (χ2n) is 4.09. The molecule has 0 unspecified atom stereocenters. The highest BCUT2D eigenvalue weighted by Gasteiger charge is 2.05. The molecule has 3 rings (SSSR count). The molecular formula is C14H10F2N2S. The minimum absolute atomic E-state index is 0.414. The lowest BCUT2D eigenvalue weighted by Crippen LogP contribution is -1.99. The molecule has 2 aromatic carbocycles. The Hall–Kier alpha value is -2.01. The molecule has 0 aliphatic rings. The number of anilines is 1. The normalized spacial score (nSPS) is 10.8. The zero-order chi connectivity index (χ0) is 13.2. The summed E-state index contributed by atoms with van der Waals surface area (Å²) in [6.07, 6.45) is 0. The number of benzene rings is 2. The molecule has 0 radical (unpaired) electrons. The molecule has 0 atom stereocenters. The van der Waals surface area contributed by atoms with Gasteiger partial charge in [-0.25, -0.2) is 13.8 Å². The average Bonchev–Trinajstić information content (AvgIpc) is 2.83. The monoisotopic (exact) mass is 276 g/mol. The maximum absolute atomic E-state index is 13.1. The third-order valence-corrected chi connectivity index (χ3v) is 3.72. The quantitative estimate of drug-likeness (QED) is 0.776. The van der Waals surface area contributed by atoms with Gasteiger partial charge in [-0.05, 0) is 29.8 Å². The second kappa shape index (κ2) is 4.93. The van der Waals surface area contributed by atoms with E-state index in [1.807, 2.05) is 24.3 Å². The highest BCUT2D eigenvalue weighted by atomic mass is 32.1. The summed E-state index contributed by atoms with van der Waals surface area (Å²) in [6.45, 7) is 0.414. The van der Waals surface area contributed by atoms with Gasteiger partial charge in [0.1, 0.15) is 0 Å². The van der Waals surface area contributed by atoms with Gasteiger partial charge < -0.3 is 5.32 Å². The minimum atomic E-state index is -0.830. The van der Waals surface area contributed by atoms with Crippen LogP contribution in [-0.4, -0.2) is 4.98 Å². The molecule has 0 amide bonds. The highest BCUT2D eigenvalue weighted by Crippen LogP contribution is 2.25. The number of fused-ring (bicyclic) bond motifs is 1. The Bertz CT molecular complexity index is 691. The summed E-state index contributed by atoms with van der Waals surface area (Å²) in [6, 6.07) is 11.7. The van der Waals surface area contributed by atoms with Crippen LogP contribution < -0.4 is 5.32 Å². The predicted molar refractivity (Wildman–Crippen MR) is 73.3 cm³/mol. The topological polar surface area (TPSA) is 24.9 Å². The number of aromatic nitrogens is 1. The summed E-state index contributed by atoms with van der Waals surface area (Å²) >= 11 is 1.53. The highest BCUT2D eigenvalue weighted by molar-refractivity contribution is 7.22. The summed E-state index contributed by atoms with van der Waals surface area (Å²) in [5, 5.41) is 3.88. The van der Waals surface area contributed by atoms with Gasteiger partial charge in [0.15, 0.2) is 16.8 Å². The lowest BCUT2D eigenvalue weighted by atomic mass is 10.2. The zero-order valence-corrected chi connectivity index (χ0v) is 10.7. The summed E-state index contributed by atoms with van der Waals surface area (Å²) < 4.78 is 26.9. The van der Waals surface area contributed by atoms with Crippen molar-refractivity contribution in [2.24, 2.45) is 0 Å². The fourth-order valence-electron chi connectivity index (χ4n) is 1.78. The third-order valence-electron chi connectivity index (χ3n) is 2.72. The number of hydrogen-bond donors (Lipinski definition) is 1. The van der Waals surface area contributed by atoms with Crippen molar-refractivity contribution in [2.45, 2.75) is 6.54 Å². The largest absolute Gasteiger partial charge is 0.357 e. The third kappa shape index (κ3) is 2.56. The average molecular weight is 276 g/mol. The Balaban J connectivity index is 1.76. The van der Waals surface area contributed by atoms with E-state index >= 15 is 0 Å². The maximum Gasteiger partial charge on any atom is 0.184 e. The molecule has 0 saturated heterocycles. The molecule has 96 valence electrons. The van der Waals surface area contributed by atoms with Gasteiger partial charge in [0.05, 0.1) is 10.2 Å². The first kappa shape index (κ1) is 12.0. The van der Waals surface area contributed by atoms with Crippen LogP contribution in [-0.2, 0) is 6.54 Å². The van der Waals surface area contributed by atoms with Crippen LogP contribution in [0.2, 0.25) is 0 Å². The smallest absolute Gasteiger partial charge is 0.184 e. The van der Waals surface area contributed by atoms with Gasteiger partial charge in [0, 0.05) is 6.54 Å². The van der Waals surface area contributed by atoms with Gasteiger partial charge in [0.25, 0.3) is 0 Å². The lowest BCUT2D eigenvalue weighted by Gasteiger charge is -2.03. The van der Waals surface area contributed by atoms with Gasteiger partial charge in [-0.3, -0.25) is 0 Å². The SMILES string of the molecule is Fc1ccc(CNc2nc3ccccc3s2)cc1F. The standard InChI is InChI=1S/C14H10F2N2S/c15-10-6-5-9(7-11(10)16)8-17-14-18-12-3-1-2-4-13(12)19-14/h1-7H,8H2,(H,17,18). The fourth-order valence-corrected chi connectivity index (χ4v) is 2.64. The van der Waals surface area contributed by atoms with Crippen molar-refractivity contribution < 1.29 is 8.78 Å². The van der Waals surface area contributed by atoms with Crippen molar-refractivity contribution in [3.63, 3.8) is 0 Å². The minimum Gasteiger partial charge on any atom is -0.357 e. The van der Waals surface area contributed by atoms with Crippen LogP contribution >= 0.6 is 11.3 Å². The molecule has 0 spiro atoms. The number of rotatable bonds is 3. The molecule has 0 saturated carbocycles. The molecule has 0 aliphatic heterocycles. The molecular weight excluding hydrogens is 266 g/mol. The maximum atomic E-state index is 13.1. The van der Waals surface area contributed by atoms with E-state index in [-0.39, 0.29) is 0 Å². The van der Waals surface area contributed by atoms with Crippen LogP contribution in [0.3, 0.4) is 0 Å². The molecule has 1 N–H and O–H groups in total. The van der Waals surface area contributed by atoms with E-state index < -0.39 is 11.6 Å². The van der Waals surface area contributed by atoms with Crippen molar-refractivity contribution in [3.8, 4) is 0 Å². The number of thiazole rings is 1. The Kier molecular flexibility index (Phi) is 3.13. The molecule has 0 aliphatic carbocycles. The molecule has 5 heteroatoms. The second-order valence-corrected chi connectivity index (χ2v) is 5.12. The fraction of sp³-hybridized carbons (Fsp3) is 0.0714. The van der Waals surface area contributed by atoms with Gasteiger partial charge >= 0.3 is 0 Å². The number of nitrogens with one attached hydrogen (secondary N) is 1. The molecule has 0 fully saturated rings. The van der Waals surface area contributed by atoms with Crippen molar-refractivity contribution in [3.05, 3.63) is 59.7 Å². The van der Waals surface area contributed by atoms with E-state index in [0.29, 0.717) is 12.1 Å². The number of hydrogen-bond acceptors (Lipinski definition) is 3. The van der Waals surface area contributed by atoms with Crippen molar-refractivity contribution in [1.29, 1.82) is 0 Å². The van der Waals surface area contributed by atoms with E-state index in [9.17, 15) is 8.78 Å². The summed E-state index contributed by atoms with van der Waals surface area (Å²) in [5.74, 6) is -1.66. The molecule has 3 aromatic rings. The van der Waals surface area contributed by atoms with Crippen LogP contribution in [0.25, 0.3) is 10.2 Å². The first-order valence-corrected chi connectivity index (χ1v) is 6.57. The predicted octanol–water partition coefficient (Wildman–Crippen LogP) is 4.19. The van der Waals surface area contributed by atoms with E-state index in [0.717, 1.165) is 21.4 Å². The van der Waals surface area contributed by atoms with Crippen LogP contribution in [0.15, 0.2) is 42.5 Å². The van der Waals surface area contributed by atoms with Gasteiger partial charge in [-0.2, -0.15) is 0 Å².